The Morgan fingerprint density at radius 3 is 2.37 bits per heavy atom. The first-order chi connectivity index (χ1) is 14.0. The lowest BCUT2D eigenvalue weighted by Gasteiger charge is -2.31. The van der Waals surface area contributed by atoms with Crippen LogP contribution >= 0.6 is 0 Å². The van der Waals surface area contributed by atoms with Crippen molar-refractivity contribution in [2.45, 2.75) is 43.8 Å². The Kier molecular flexibility index (Phi) is 6.01. The van der Waals surface area contributed by atoms with Crippen LogP contribution in [0, 0.1) is 6.92 Å². The van der Waals surface area contributed by atoms with Crippen molar-refractivity contribution in [3.8, 4) is 5.75 Å². The lowest BCUT2D eigenvalue weighted by molar-refractivity contribution is -0.147. The molecule has 0 radical (unpaired) electrons. The molecule has 0 bridgehead atoms. The number of alkyl halides is 3. The summed E-state index contributed by atoms with van der Waals surface area (Å²) in [4.78, 5) is 12.3. The predicted molar refractivity (Wildman–Crippen MR) is 102 cm³/mol. The molecule has 0 saturated carbocycles. The fraction of sp³-hybridized carbons (Fsp3) is 0.556. The number of aryl methyl sites for hydroxylation is 1. The van der Waals surface area contributed by atoms with E-state index in [9.17, 15) is 26.4 Å². The van der Waals surface area contributed by atoms with Gasteiger partial charge in [-0.1, -0.05) is 0 Å². The second-order valence-electron chi connectivity index (χ2n) is 7.10. The molecule has 12 heteroatoms. The van der Waals surface area contributed by atoms with Crippen LogP contribution in [0.15, 0.2) is 27.9 Å². The van der Waals surface area contributed by atoms with Gasteiger partial charge in [0.25, 0.3) is 0 Å². The van der Waals surface area contributed by atoms with Crippen molar-refractivity contribution in [1.82, 2.24) is 18.7 Å². The number of hydrogen-bond donors (Lipinski definition) is 0. The number of rotatable bonds is 5. The van der Waals surface area contributed by atoms with Gasteiger partial charge in [-0.05, 0) is 50.5 Å². The Hall–Kier alpha value is -2.34. The molecule has 30 heavy (non-hydrogen) atoms. The summed E-state index contributed by atoms with van der Waals surface area (Å²) in [5.41, 5.74) is -0.182. The van der Waals surface area contributed by atoms with Gasteiger partial charge < -0.3 is 4.74 Å². The highest BCUT2D eigenvalue weighted by molar-refractivity contribution is 7.89. The van der Waals surface area contributed by atoms with Crippen LogP contribution in [-0.4, -0.2) is 46.8 Å². The predicted octanol–water partition coefficient (Wildman–Crippen LogP) is 2.33. The molecular formula is C18H23F3N4O4S. The van der Waals surface area contributed by atoms with E-state index in [-0.39, 0.29) is 30.8 Å². The summed E-state index contributed by atoms with van der Waals surface area (Å²) in [6.45, 7) is 4.19. The quantitative estimate of drug-likeness (QED) is 0.701. The Morgan fingerprint density at radius 2 is 1.87 bits per heavy atom. The van der Waals surface area contributed by atoms with Gasteiger partial charge >= 0.3 is 11.9 Å². The Balaban J connectivity index is 1.77. The maximum Gasteiger partial charge on any atom is 0.451 e. The highest BCUT2D eigenvalue weighted by Crippen LogP contribution is 2.30. The minimum absolute atomic E-state index is 0.0730. The van der Waals surface area contributed by atoms with Gasteiger partial charge in [0.2, 0.25) is 15.8 Å². The van der Waals surface area contributed by atoms with Gasteiger partial charge in [0.1, 0.15) is 5.75 Å². The largest absolute Gasteiger partial charge is 0.494 e. The number of halogens is 3. The van der Waals surface area contributed by atoms with E-state index in [1.54, 1.807) is 13.0 Å². The third-order valence-corrected chi connectivity index (χ3v) is 7.00. The van der Waals surface area contributed by atoms with Crippen LogP contribution in [0.25, 0.3) is 0 Å². The van der Waals surface area contributed by atoms with Crippen LogP contribution in [0.2, 0.25) is 0 Å². The summed E-state index contributed by atoms with van der Waals surface area (Å²) in [5, 5.41) is 3.45. The molecule has 1 saturated heterocycles. The second-order valence-corrected chi connectivity index (χ2v) is 9.04. The van der Waals surface area contributed by atoms with Gasteiger partial charge in [-0.2, -0.15) is 17.5 Å². The molecule has 2 heterocycles. The zero-order valence-corrected chi connectivity index (χ0v) is 17.6. The number of aromatic nitrogens is 3. The number of ether oxygens (including phenoxy) is 1. The molecule has 1 fully saturated rings. The number of hydrogen-bond acceptors (Lipinski definition) is 5. The maximum absolute atomic E-state index is 13.0. The Morgan fingerprint density at radius 1 is 1.23 bits per heavy atom. The zero-order valence-electron chi connectivity index (χ0n) is 16.8. The van der Waals surface area contributed by atoms with Crippen molar-refractivity contribution in [3.63, 3.8) is 0 Å². The molecule has 3 rings (SSSR count). The van der Waals surface area contributed by atoms with E-state index in [0.29, 0.717) is 22.5 Å². The van der Waals surface area contributed by atoms with E-state index in [2.05, 4.69) is 5.10 Å². The molecule has 1 aliphatic rings. The summed E-state index contributed by atoms with van der Waals surface area (Å²) >= 11 is 0. The molecule has 1 aromatic carbocycles. The first kappa shape index (κ1) is 22.3. The summed E-state index contributed by atoms with van der Waals surface area (Å²) in [7, 11) is -2.76. The molecule has 0 spiro atoms. The average Bonchev–Trinajstić information content (AvgIpc) is 2.99. The van der Waals surface area contributed by atoms with Crippen LogP contribution in [0.4, 0.5) is 13.2 Å². The molecule has 2 aromatic rings. The van der Waals surface area contributed by atoms with Gasteiger partial charge in [-0.15, -0.1) is 5.10 Å². The Bertz CT molecular complexity index is 1080. The smallest absolute Gasteiger partial charge is 0.451 e. The van der Waals surface area contributed by atoms with Gasteiger partial charge in [-0.3, -0.25) is 4.57 Å². The van der Waals surface area contributed by atoms with Gasteiger partial charge in [0.05, 0.1) is 17.5 Å². The highest BCUT2D eigenvalue weighted by atomic mass is 32.2. The molecule has 0 N–H and O–H groups in total. The lowest BCUT2D eigenvalue weighted by Crippen LogP contribution is -2.41. The topological polar surface area (TPSA) is 86.4 Å². The molecule has 0 unspecified atom stereocenters. The van der Waals surface area contributed by atoms with E-state index in [4.69, 9.17) is 4.74 Å². The third kappa shape index (κ3) is 4.10. The summed E-state index contributed by atoms with van der Waals surface area (Å²) in [6.07, 6.45) is -4.37. The third-order valence-electron chi connectivity index (χ3n) is 5.11. The van der Waals surface area contributed by atoms with Crippen LogP contribution in [0.5, 0.6) is 5.75 Å². The Labute approximate surface area is 171 Å². The van der Waals surface area contributed by atoms with Crippen LogP contribution < -0.4 is 10.4 Å². The molecule has 1 aromatic heterocycles. The second kappa shape index (κ2) is 8.06. The molecule has 0 amide bonds. The van der Waals surface area contributed by atoms with E-state index in [1.165, 1.54) is 16.4 Å². The molecule has 0 atom stereocenters. The minimum Gasteiger partial charge on any atom is -0.494 e. The maximum atomic E-state index is 13.0. The monoisotopic (exact) mass is 448 g/mol. The fourth-order valence-electron chi connectivity index (χ4n) is 3.52. The van der Waals surface area contributed by atoms with Crippen molar-refractivity contribution in [1.29, 1.82) is 0 Å². The highest BCUT2D eigenvalue weighted by Gasteiger charge is 2.39. The van der Waals surface area contributed by atoms with Crippen molar-refractivity contribution in [2.75, 3.05) is 19.7 Å². The van der Waals surface area contributed by atoms with E-state index in [1.807, 2.05) is 6.92 Å². The van der Waals surface area contributed by atoms with Crippen molar-refractivity contribution < 1.29 is 26.3 Å². The first-order valence-electron chi connectivity index (χ1n) is 9.43. The van der Waals surface area contributed by atoms with Crippen molar-refractivity contribution >= 4 is 10.0 Å². The number of nitrogens with zero attached hydrogens (tertiary/aromatic N) is 4. The van der Waals surface area contributed by atoms with Crippen molar-refractivity contribution in [2.24, 2.45) is 7.05 Å². The number of sulfonamides is 1. The van der Waals surface area contributed by atoms with Gasteiger partial charge in [0, 0.05) is 20.1 Å². The normalized spacial score (nSPS) is 16.7. The zero-order chi connectivity index (χ0) is 22.3. The van der Waals surface area contributed by atoms with E-state index < -0.39 is 33.8 Å². The first-order valence-corrected chi connectivity index (χ1v) is 10.9. The SMILES string of the molecule is CCOc1ccc(S(=O)(=O)N2CCC(n3nc(C(F)(F)F)n(C)c3=O)CC2)cc1C. The van der Waals surface area contributed by atoms with E-state index >= 15 is 0 Å². The fourth-order valence-corrected chi connectivity index (χ4v) is 5.07. The number of benzene rings is 1. The van der Waals surface area contributed by atoms with Crippen LogP contribution in [-0.2, 0) is 23.2 Å². The average molecular weight is 448 g/mol. The van der Waals surface area contributed by atoms with Gasteiger partial charge in [0.15, 0.2) is 0 Å². The van der Waals surface area contributed by atoms with Crippen LogP contribution in [0.1, 0.15) is 37.2 Å². The molecular weight excluding hydrogens is 425 g/mol. The molecule has 166 valence electrons. The lowest BCUT2D eigenvalue weighted by atomic mass is 10.1. The van der Waals surface area contributed by atoms with Gasteiger partial charge in [-0.25, -0.2) is 17.9 Å². The molecule has 8 nitrogen and oxygen atoms in total. The standard InChI is InChI=1S/C18H23F3N4O4S/c1-4-29-15-6-5-14(11-12(15)2)30(27,28)24-9-7-13(8-10-24)25-17(26)23(3)16(22-25)18(19,20)21/h5-6,11,13H,4,7-10H2,1-3H3. The van der Waals surface area contributed by atoms with Crippen molar-refractivity contribution in [3.05, 3.63) is 40.1 Å². The summed E-state index contributed by atoms with van der Waals surface area (Å²) < 4.78 is 72.9. The minimum atomic E-state index is -4.74. The molecule has 0 aliphatic carbocycles. The summed E-state index contributed by atoms with van der Waals surface area (Å²) in [5.74, 6) is -0.669. The number of piperidine rings is 1. The molecule has 1 aliphatic heterocycles. The van der Waals surface area contributed by atoms with Crippen LogP contribution in [0.3, 0.4) is 0 Å². The summed E-state index contributed by atoms with van der Waals surface area (Å²) in [6, 6.07) is 4.00. The van der Waals surface area contributed by atoms with E-state index in [0.717, 1.165) is 11.7 Å².